The second-order valence-electron chi connectivity index (χ2n) is 5.97. The fourth-order valence-electron chi connectivity index (χ4n) is 2.38. The highest BCUT2D eigenvalue weighted by molar-refractivity contribution is 6.31. The molecule has 3 N–H and O–H groups in total. The summed E-state index contributed by atoms with van der Waals surface area (Å²) in [6.07, 6.45) is -2.03. The van der Waals surface area contributed by atoms with E-state index in [1.807, 2.05) is 0 Å². The van der Waals surface area contributed by atoms with Crippen molar-refractivity contribution in [1.29, 1.82) is 0 Å². The number of ether oxygens (including phenoxy) is 1. The van der Waals surface area contributed by atoms with Gasteiger partial charge in [-0.2, -0.15) is 13.2 Å². The molecule has 1 amide bonds. The number of nitrogens with one attached hydrogen (secondary N) is 1. The summed E-state index contributed by atoms with van der Waals surface area (Å²) >= 11 is 5.86. The highest BCUT2D eigenvalue weighted by Gasteiger charge is 2.37. The predicted octanol–water partition coefficient (Wildman–Crippen LogP) is 3.28. The van der Waals surface area contributed by atoms with Crippen LogP contribution in [0.15, 0.2) is 24.5 Å². The van der Waals surface area contributed by atoms with E-state index in [4.69, 9.17) is 17.3 Å². The molecule has 0 bridgehead atoms. The number of amides is 1. The normalized spacial score (nSPS) is 18.9. The third-order valence-electron chi connectivity index (χ3n) is 3.80. The average Bonchev–Trinajstić information content (AvgIpc) is 3.32. The molecule has 11 heteroatoms. The number of anilines is 1. The number of benzene rings is 1. The summed E-state index contributed by atoms with van der Waals surface area (Å²) in [6, 6.07) is 2.52. The lowest BCUT2D eigenvalue weighted by molar-refractivity contribution is -0.154. The van der Waals surface area contributed by atoms with Crippen molar-refractivity contribution in [3.05, 3.63) is 46.6 Å². The van der Waals surface area contributed by atoms with Crippen LogP contribution in [0.25, 0.3) is 0 Å². The van der Waals surface area contributed by atoms with Gasteiger partial charge in [-0.25, -0.2) is 14.4 Å². The molecule has 1 aromatic carbocycles. The van der Waals surface area contributed by atoms with E-state index < -0.39 is 24.5 Å². The van der Waals surface area contributed by atoms with E-state index in [9.17, 15) is 22.4 Å². The van der Waals surface area contributed by atoms with Gasteiger partial charge in [0.1, 0.15) is 11.5 Å². The van der Waals surface area contributed by atoms with Crippen LogP contribution in [0.4, 0.5) is 23.2 Å². The van der Waals surface area contributed by atoms with Crippen molar-refractivity contribution in [1.82, 2.24) is 9.97 Å². The second-order valence-corrected chi connectivity index (χ2v) is 6.37. The molecule has 144 valence electrons. The first kappa shape index (κ1) is 19.3. The molecule has 1 fully saturated rings. The van der Waals surface area contributed by atoms with Crippen LogP contribution >= 0.6 is 11.6 Å². The number of hydrogen-bond acceptors (Lipinski definition) is 5. The van der Waals surface area contributed by atoms with Crippen molar-refractivity contribution in [3.63, 3.8) is 0 Å². The second kappa shape index (κ2) is 7.28. The molecule has 0 spiro atoms. The van der Waals surface area contributed by atoms with E-state index in [2.05, 4.69) is 20.0 Å². The molecule has 0 radical (unpaired) electrons. The third kappa shape index (κ3) is 4.83. The molecule has 2 atom stereocenters. The van der Waals surface area contributed by atoms with Crippen molar-refractivity contribution in [2.75, 3.05) is 11.9 Å². The topological polar surface area (TPSA) is 90.1 Å². The van der Waals surface area contributed by atoms with Crippen LogP contribution < -0.4 is 15.8 Å². The zero-order chi connectivity index (χ0) is 19.8. The van der Waals surface area contributed by atoms with Gasteiger partial charge < -0.3 is 15.8 Å². The molecule has 0 aliphatic heterocycles. The van der Waals surface area contributed by atoms with Crippen LogP contribution in [0.3, 0.4) is 0 Å². The molecule has 6 nitrogen and oxygen atoms in total. The van der Waals surface area contributed by atoms with Crippen molar-refractivity contribution < 1.29 is 27.1 Å². The smallest absolute Gasteiger partial charge is 0.422 e. The van der Waals surface area contributed by atoms with Crippen molar-refractivity contribution in [2.45, 2.75) is 24.6 Å². The van der Waals surface area contributed by atoms with E-state index in [0.717, 1.165) is 12.4 Å². The molecule has 2 aromatic rings. The summed E-state index contributed by atoms with van der Waals surface area (Å²) < 4.78 is 54.8. The molecule has 1 aliphatic rings. The molecule has 3 rings (SSSR count). The zero-order valence-corrected chi connectivity index (χ0v) is 14.3. The number of alkyl halides is 3. The Hall–Kier alpha value is -2.46. The van der Waals surface area contributed by atoms with Crippen molar-refractivity contribution in [2.24, 2.45) is 5.73 Å². The lowest BCUT2D eigenvalue weighted by Gasteiger charge is -2.10. The van der Waals surface area contributed by atoms with Gasteiger partial charge in [0.25, 0.3) is 5.91 Å². The molecule has 1 saturated carbocycles. The van der Waals surface area contributed by atoms with Crippen molar-refractivity contribution in [3.8, 4) is 5.88 Å². The van der Waals surface area contributed by atoms with E-state index in [0.29, 0.717) is 12.0 Å². The first-order valence-corrected chi connectivity index (χ1v) is 8.09. The molecule has 0 saturated heterocycles. The van der Waals surface area contributed by atoms with Gasteiger partial charge in [-0.05, 0) is 24.1 Å². The lowest BCUT2D eigenvalue weighted by Crippen LogP contribution is -2.20. The first-order valence-electron chi connectivity index (χ1n) is 7.71. The quantitative estimate of drug-likeness (QED) is 0.746. The van der Waals surface area contributed by atoms with Crippen molar-refractivity contribution >= 4 is 23.2 Å². The van der Waals surface area contributed by atoms with Crippen LogP contribution in [0.1, 0.15) is 28.4 Å². The molecule has 1 aliphatic carbocycles. The first-order chi connectivity index (χ1) is 12.6. The fourth-order valence-corrected chi connectivity index (χ4v) is 2.61. The van der Waals surface area contributed by atoms with Gasteiger partial charge in [0.05, 0.1) is 17.4 Å². The molecule has 1 heterocycles. The molecular weight excluding hydrogens is 392 g/mol. The lowest BCUT2D eigenvalue weighted by atomic mass is 10.1. The van der Waals surface area contributed by atoms with Crippen LogP contribution in [0, 0.1) is 5.82 Å². The maximum Gasteiger partial charge on any atom is 0.422 e. The number of nitrogens with two attached hydrogens (primary N) is 1. The molecule has 0 unspecified atom stereocenters. The minimum atomic E-state index is -4.51. The zero-order valence-electron chi connectivity index (χ0n) is 13.6. The number of carbonyl (C=O) groups excluding carboxylic acids is 1. The van der Waals surface area contributed by atoms with Gasteiger partial charge in [0.15, 0.2) is 6.61 Å². The number of halogens is 5. The van der Waals surface area contributed by atoms with Gasteiger partial charge in [-0.3, -0.25) is 4.79 Å². The molecule has 1 aromatic heterocycles. The maximum atomic E-state index is 14.1. The van der Waals surface area contributed by atoms with E-state index in [1.54, 1.807) is 0 Å². The Balaban J connectivity index is 1.69. The number of nitrogens with zero attached hydrogens (tertiary/aromatic N) is 2. The molecule has 27 heavy (non-hydrogen) atoms. The standard InChI is InChI=1S/C16H13ClF4N4O2/c17-10-2-7(1-9(14(10)18)8-3-11(8)22)25-15(26)12-4-24-13(5-23-12)27-6-16(19,20)21/h1-2,4-5,8,11H,3,6,22H2,(H,25,26)/t8-,11-/m1/s1. The minimum absolute atomic E-state index is 0.156. The fraction of sp³-hybridized carbons (Fsp3) is 0.312. The SMILES string of the molecule is N[C@@H]1C[C@@H]1c1cc(NC(=O)c2cnc(OCC(F)(F)F)cn2)cc(Cl)c1F. The molecular formula is C16H13ClF4N4O2. The number of carbonyl (C=O) groups is 1. The van der Waals surface area contributed by atoms with E-state index in [-0.39, 0.29) is 34.2 Å². The van der Waals surface area contributed by atoms with Gasteiger partial charge in [-0.1, -0.05) is 11.6 Å². The van der Waals surface area contributed by atoms with Crippen LogP contribution in [0.2, 0.25) is 5.02 Å². The third-order valence-corrected chi connectivity index (χ3v) is 4.07. The van der Waals surface area contributed by atoms with Crippen LogP contribution in [-0.2, 0) is 0 Å². The highest BCUT2D eigenvalue weighted by atomic mass is 35.5. The Bertz CT molecular complexity index is 861. The van der Waals surface area contributed by atoms with Gasteiger partial charge in [0, 0.05) is 17.6 Å². The Morgan fingerprint density at radius 3 is 2.59 bits per heavy atom. The predicted molar refractivity (Wildman–Crippen MR) is 88.3 cm³/mol. The Labute approximate surface area is 155 Å². The van der Waals surface area contributed by atoms with Crippen LogP contribution in [-0.4, -0.2) is 34.7 Å². The Morgan fingerprint density at radius 2 is 2.04 bits per heavy atom. The van der Waals surface area contributed by atoms with Crippen LogP contribution in [0.5, 0.6) is 5.88 Å². The number of rotatable bonds is 5. The van der Waals surface area contributed by atoms with Gasteiger partial charge >= 0.3 is 6.18 Å². The highest BCUT2D eigenvalue weighted by Crippen LogP contribution is 2.42. The number of hydrogen-bond donors (Lipinski definition) is 2. The number of aromatic nitrogens is 2. The monoisotopic (exact) mass is 404 g/mol. The van der Waals surface area contributed by atoms with Gasteiger partial charge in [0.2, 0.25) is 5.88 Å². The summed E-state index contributed by atoms with van der Waals surface area (Å²) in [5, 5.41) is 2.32. The Morgan fingerprint density at radius 1 is 1.33 bits per heavy atom. The van der Waals surface area contributed by atoms with Gasteiger partial charge in [-0.15, -0.1) is 0 Å². The summed E-state index contributed by atoms with van der Waals surface area (Å²) in [7, 11) is 0. The summed E-state index contributed by atoms with van der Waals surface area (Å²) in [4.78, 5) is 19.5. The largest absolute Gasteiger partial charge is 0.467 e. The maximum absolute atomic E-state index is 14.1. The summed E-state index contributed by atoms with van der Waals surface area (Å²) in [6.45, 7) is -1.52. The average molecular weight is 405 g/mol. The van der Waals surface area contributed by atoms with E-state index in [1.165, 1.54) is 12.1 Å². The summed E-state index contributed by atoms with van der Waals surface area (Å²) in [5.41, 5.74) is 6.11. The van der Waals surface area contributed by atoms with E-state index >= 15 is 0 Å². The Kier molecular flexibility index (Phi) is 5.20. The summed E-state index contributed by atoms with van der Waals surface area (Å²) in [5.74, 6) is -1.82. The minimum Gasteiger partial charge on any atom is -0.467 e.